The Morgan fingerprint density at radius 2 is 1.49 bits per heavy atom. The number of nitrogens with one attached hydrogen (secondary N) is 1. The zero-order valence-corrected chi connectivity index (χ0v) is 21.4. The molecule has 7 heteroatoms. The summed E-state index contributed by atoms with van der Waals surface area (Å²) in [7, 11) is 0. The number of nitrogens with zero attached hydrogens (tertiary/aromatic N) is 3. The Balaban J connectivity index is 1.32. The molecule has 2 aromatic rings. The lowest BCUT2D eigenvalue weighted by Gasteiger charge is -2.37. The first kappa shape index (κ1) is 24.9. The molecule has 2 heterocycles. The number of urea groups is 1. The van der Waals surface area contributed by atoms with Gasteiger partial charge >= 0.3 is 12.1 Å². The summed E-state index contributed by atoms with van der Waals surface area (Å²) in [5.41, 5.74) is 3.94. The Morgan fingerprint density at radius 1 is 0.857 bits per heavy atom. The first-order valence-corrected chi connectivity index (χ1v) is 12.6. The molecule has 2 aromatic carbocycles. The van der Waals surface area contributed by atoms with Gasteiger partial charge in [0, 0.05) is 39.3 Å². The number of carbonyl (C=O) groups is 2. The molecule has 2 aliphatic rings. The van der Waals surface area contributed by atoms with Crippen LogP contribution in [0, 0.1) is 6.92 Å². The fraction of sp³-hybridized carbons (Fsp3) is 0.500. The van der Waals surface area contributed by atoms with Gasteiger partial charge in [-0.3, -0.25) is 0 Å². The molecule has 2 aliphatic heterocycles. The van der Waals surface area contributed by atoms with E-state index in [9.17, 15) is 9.59 Å². The summed E-state index contributed by atoms with van der Waals surface area (Å²) in [5, 5.41) is 3.14. The van der Waals surface area contributed by atoms with Gasteiger partial charge in [-0.2, -0.15) is 0 Å². The summed E-state index contributed by atoms with van der Waals surface area (Å²) in [6.07, 6.45) is 1.68. The number of hydrogen-bond acceptors (Lipinski definition) is 4. The van der Waals surface area contributed by atoms with E-state index in [2.05, 4.69) is 41.4 Å². The van der Waals surface area contributed by atoms with Crippen LogP contribution < -0.4 is 10.2 Å². The number of amides is 3. The number of rotatable bonds is 3. The summed E-state index contributed by atoms with van der Waals surface area (Å²) < 4.78 is 5.51. The van der Waals surface area contributed by atoms with Crippen molar-refractivity contribution in [2.24, 2.45) is 0 Å². The lowest BCUT2D eigenvalue weighted by Crippen LogP contribution is -2.50. The molecule has 0 radical (unpaired) electrons. The number of hydrogen-bond donors (Lipinski definition) is 1. The normalized spacial score (nSPS) is 17.3. The van der Waals surface area contributed by atoms with Crippen molar-refractivity contribution < 1.29 is 14.3 Å². The van der Waals surface area contributed by atoms with E-state index in [0.717, 1.165) is 37.3 Å². The van der Waals surface area contributed by atoms with Crippen LogP contribution in [0.25, 0.3) is 0 Å². The highest BCUT2D eigenvalue weighted by molar-refractivity contribution is 5.93. The zero-order chi connectivity index (χ0) is 25.0. The molecule has 0 aliphatic carbocycles. The quantitative estimate of drug-likeness (QED) is 0.636. The molecule has 0 aromatic heterocycles. The number of para-hydroxylation sites is 2. The minimum atomic E-state index is -0.500. The standard InChI is InChI=1S/C28H38N4O3/c1-21-9-11-22(12-10-21)23-13-15-31(16-14-23)26(33)29-24-7-5-6-8-25(24)30-17-19-32(20-18-30)27(34)35-28(2,3)4/h5-12,23H,13-20H2,1-4H3,(H,29,33). The number of aryl methyl sites for hydroxylation is 1. The SMILES string of the molecule is Cc1ccc(C2CCN(C(=O)Nc3ccccc3N3CCN(C(=O)OC(C)(C)C)CC3)CC2)cc1. The molecule has 35 heavy (non-hydrogen) atoms. The molecule has 0 saturated carbocycles. The Morgan fingerprint density at radius 3 is 2.11 bits per heavy atom. The summed E-state index contributed by atoms with van der Waals surface area (Å²) in [4.78, 5) is 31.4. The minimum absolute atomic E-state index is 0.0489. The average molecular weight is 479 g/mol. The first-order valence-electron chi connectivity index (χ1n) is 12.6. The lowest BCUT2D eigenvalue weighted by molar-refractivity contribution is 0.0240. The smallest absolute Gasteiger partial charge is 0.410 e. The van der Waals surface area contributed by atoms with Gasteiger partial charge < -0.3 is 24.8 Å². The van der Waals surface area contributed by atoms with Crippen LogP contribution in [-0.4, -0.2) is 66.8 Å². The Hall–Kier alpha value is -3.22. The van der Waals surface area contributed by atoms with Gasteiger partial charge in [-0.05, 0) is 64.2 Å². The Kier molecular flexibility index (Phi) is 7.53. The number of benzene rings is 2. The number of carbonyl (C=O) groups excluding carboxylic acids is 2. The van der Waals surface area contributed by atoms with E-state index < -0.39 is 5.60 Å². The van der Waals surface area contributed by atoms with Crippen LogP contribution in [0.1, 0.15) is 50.7 Å². The van der Waals surface area contributed by atoms with E-state index in [1.807, 2.05) is 49.9 Å². The highest BCUT2D eigenvalue weighted by Gasteiger charge is 2.28. The topological polar surface area (TPSA) is 65.1 Å². The van der Waals surface area contributed by atoms with Crippen molar-refractivity contribution in [1.82, 2.24) is 9.80 Å². The lowest BCUT2D eigenvalue weighted by atomic mass is 9.89. The molecule has 2 fully saturated rings. The summed E-state index contributed by atoms with van der Waals surface area (Å²) >= 11 is 0. The maximum absolute atomic E-state index is 13.1. The largest absolute Gasteiger partial charge is 0.444 e. The van der Waals surface area contributed by atoms with E-state index in [4.69, 9.17) is 4.74 Å². The van der Waals surface area contributed by atoms with Gasteiger partial charge in [0.25, 0.3) is 0 Å². The molecule has 0 spiro atoms. The Labute approximate surface area is 209 Å². The molecular weight excluding hydrogens is 440 g/mol. The molecule has 0 unspecified atom stereocenters. The first-order chi connectivity index (χ1) is 16.7. The highest BCUT2D eigenvalue weighted by Crippen LogP contribution is 2.30. The number of piperazine rings is 1. The van der Waals surface area contributed by atoms with Gasteiger partial charge in [0.05, 0.1) is 11.4 Å². The fourth-order valence-electron chi connectivity index (χ4n) is 4.76. The van der Waals surface area contributed by atoms with Crippen molar-refractivity contribution >= 4 is 23.5 Å². The van der Waals surface area contributed by atoms with E-state index in [-0.39, 0.29) is 12.1 Å². The van der Waals surface area contributed by atoms with E-state index in [1.54, 1.807) is 4.90 Å². The number of anilines is 2. The second kappa shape index (κ2) is 10.6. The second-order valence-electron chi connectivity index (χ2n) is 10.6. The van der Waals surface area contributed by atoms with Crippen molar-refractivity contribution in [3.8, 4) is 0 Å². The van der Waals surface area contributed by atoms with Gasteiger partial charge in [0.15, 0.2) is 0 Å². The number of ether oxygens (including phenoxy) is 1. The molecule has 0 atom stereocenters. The molecule has 7 nitrogen and oxygen atoms in total. The van der Waals surface area contributed by atoms with Gasteiger partial charge in [0.2, 0.25) is 0 Å². The number of piperidine rings is 1. The van der Waals surface area contributed by atoms with Crippen LogP contribution in [0.4, 0.5) is 21.0 Å². The average Bonchev–Trinajstić information content (AvgIpc) is 2.84. The van der Waals surface area contributed by atoms with Crippen molar-refractivity contribution in [2.75, 3.05) is 49.5 Å². The fourth-order valence-corrected chi connectivity index (χ4v) is 4.76. The van der Waals surface area contributed by atoms with Crippen LogP contribution in [0.3, 0.4) is 0 Å². The minimum Gasteiger partial charge on any atom is -0.444 e. The molecule has 1 N–H and O–H groups in total. The Bertz CT molecular complexity index is 1020. The molecule has 188 valence electrons. The van der Waals surface area contributed by atoms with Crippen LogP contribution in [0.2, 0.25) is 0 Å². The monoisotopic (exact) mass is 478 g/mol. The van der Waals surface area contributed by atoms with E-state index in [0.29, 0.717) is 32.1 Å². The van der Waals surface area contributed by atoms with Gasteiger partial charge in [-0.1, -0.05) is 42.0 Å². The molecular formula is C28H38N4O3. The zero-order valence-electron chi connectivity index (χ0n) is 21.4. The van der Waals surface area contributed by atoms with Crippen molar-refractivity contribution in [2.45, 2.75) is 52.1 Å². The second-order valence-corrected chi connectivity index (χ2v) is 10.6. The van der Waals surface area contributed by atoms with Crippen LogP contribution in [0.15, 0.2) is 48.5 Å². The summed E-state index contributed by atoms with van der Waals surface area (Å²) in [5.74, 6) is 0.508. The van der Waals surface area contributed by atoms with Crippen LogP contribution >= 0.6 is 0 Å². The molecule has 4 rings (SSSR count). The van der Waals surface area contributed by atoms with Crippen molar-refractivity contribution in [1.29, 1.82) is 0 Å². The number of likely N-dealkylation sites (tertiary alicyclic amines) is 1. The molecule has 3 amide bonds. The third-order valence-corrected chi connectivity index (χ3v) is 6.75. The van der Waals surface area contributed by atoms with Crippen LogP contribution in [0.5, 0.6) is 0 Å². The predicted molar refractivity (Wildman–Crippen MR) is 140 cm³/mol. The van der Waals surface area contributed by atoms with E-state index in [1.165, 1.54) is 11.1 Å². The van der Waals surface area contributed by atoms with Gasteiger partial charge in [-0.25, -0.2) is 9.59 Å². The van der Waals surface area contributed by atoms with Crippen LogP contribution in [-0.2, 0) is 4.74 Å². The predicted octanol–water partition coefficient (Wildman–Crippen LogP) is 5.46. The maximum Gasteiger partial charge on any atom is 0.410 e. The third kappa shape index (κ3) is 6.47. The van der Waals surface area contributed by atoms with Gasteiger partial charge in [0.1, 0.15) is 5.60 Å². The molecule has 0 bridgehead atoms. The third-order valence-electron chi connectivity index (χ3n) is 6.75. The van der Waals surface area contributed by atoms with Crippen molar-refractivity contribution in [3.05, 3.63) is 59.7 Å². The van der Waals surface area contributed by atoms with E-state index >= 15 is 0 Å². The summed E-state index contributed by atoms with van der Waals surface area (Å²) in [6.45, 7) is 11.8. The summed E-state index contributed by atoms with van der Waals surface area (Å²) in [6, 6.07) is 16.6. The molecule has 2 saturated heterocycles. The van der Waals surface area contributed by atoms with Gasteiger partial charge in [-0.15, -0.1) is 0 Å². The maximum atomic E-state index is 13.1. The highest BCUT2D eigenvalue weighted by atomic mass is 16.6. The van der Waals surface area contributed by atoms with Crippen molar-refractivity contribution in [3.63, 3.8) is 0 Å².